The number of ether oxygens (including phenoxy) is 1. The molecule has 1 aromatic carbocycles. The van der Waals surface area contributed by atoms with Crippen LogP contribution in [0, 0.1) is 13.8 Å². The van der Waals surface area contributed by atoms with E-state index in [4.69, 9.17) is 10.5 Å². The number of morpholine rings is 1. The number of nitrogen functional groups attached to an aromatic ring is 1. The van der Waals surface area contributed by atoms with Gasteiger partial charge in [0.1, 0.15) is 0 Å². The average molecular weight is 298 g/mol. The number of aryl methyl sites for hydroxylation is 1. The number of rotatable bonds is 2. The van der Waals surface area contributed by atoms with Crippen molar-refractivity contribution >= 4 is 15.7 Å². The highest BCUT2D eigenvalue weighted by Gasteiger charge is 2.33. The molecule has 0 spiro atoms. The smallest absolute Gasteiger partial charge is 0.243 e. The third-order valence-corrected chi connectivity index (χ3v) is 5.60. The third kappa shape index (κ3) is 2.82. The second-order valence-corrected chi connectivity index (χ2v) is 7.45. The molecule has 0 radical (unpaired) electrons. The molecule has 20 heavy (non-hydrogen) atoms. The van der Waals surface area contributed by atoms with E-state index >= 15 is 0 Å². The minimum Gasteiger partial charge on any atom is -0.399 e. The average Bonchev–Trinajstić information content (AvgIpc) is 2.32. The van der Waals surface area contributed by atoms with Crippen LogP contribution < -0.4 is 5.73 Å². The van der Waals surface area contributed by atoms with Crippen LogP contribution in [0.2, 0.25) is 0 Å². The summed E-state index contributed by atoms with van der Waals surface area (Å²) in [6, 6.07) is 3.33. The Balaban J connectivity index is 2.45. The molecular formula is C14H22N2O3S. The minimum absolute atomic E-state index is 0.101. The van der Waals surface area contributed by atoms with Gasteiger partial charge in [0.15, 0.2) is 0 Å². The summed E-state index contributed by atoms with van der Waals surface area (Å²) in [4.78, 5) is 0.302. The van der Waals surface area contributed by atoms with Crippen LogP contribution in [-0.2, 0) is 14.8 Å². The second kappa shape index (κ2) is 5.35. The number of nitrogens with zero attached hydrogens (tertiary/aromatic N) is 1. The molecular weight excluding hydrogens is 276 g/mol. The lowest BCUT2D eigenvalue weighted by molar-refractivity contribution is -0.0440. The molecule has 6 heteroatoms. The largest absolute Gasteiger partial charge is 0.399 e. The van der Waals surface area contributed by atoms with Crippen molar-refractivity contribution in [2.24, 2.45) is 0 Å². The first-order chi connectivity index (χ1) is 9.21. The van der Waals surface area contributed by atoms with Crippen LogP contribution in [0.4, 0.5) is 5.69 Å². The van der Waals surface area contributed by atoms with Crippen molar-refractivity contribution in [3.05, 3.63) is 23.3 Å². The molecule has 2 N–H and O–H groups in total. The molecule has 0 aromatic heterocycles. The quantitative estimate of drug-likeness (QED) is 0.843. The van der Waals surface area contributed by atoms with Crippen LogP contribution in [0.25, 0.3) is 0 Å². The van der Waals surface area contributed by atoms with Gasteiger partial charge in [-0.3, -0.25) is 0 Å². The molecule has 5 nitrogen and oxygen atoms in total. The van der Waals surface area contributed by atoms with E-state index < -0.39 is 10.0 Å². The summed E-state index contributed by atoms with van der Waals surface area (Å²) in [5, 5.41) is 0. The van der Waals surface area contributed by atoms with Crippen LogP contribution in [0.15, 0.2) is 17.0 Å². The van der Waals surface area contributed by atoms with Crippen LogP contribution in [-0.4, -0.2) is 38.0 Å². The van der Waals surface area contributed by atoms with Gasteiger partial charge in [-0.15, -0.1) is 0 Å². The Morgan fingerprint density at radius 2 is 1.75 bits per heavy atom. The Hall–Kier alpha value is -1.11. The van der Waals surface area contributed by atoms with Crippen molar-refractivity contribution in [1.82, 2.24) is 4.31 Å². The van der Waals surface area contributed by atoms with Crippen molar-refractivity contribution in [3.63, 3.8) is 0 Å². The first kappa shape index (κ1) is 15.3. The van der Waals surface area contributed by atoms with Crippen molar-refractivity contribution in [3.8, 4) is 0 Å². The fourth-order valence-corrected chi connectivity index (χ4v) is 4.51. The Bertz CT molecular complexity index is 603. The molecule has 1 fully saturated rings. The molecule has 2 unspecified atom stereocenters. The number of anilines is 1. The summed E-state index contributed by atoms with van der Waals surface area (Å²) in [7, 11) is -3.53. The van der Waals surface area contributed by atoms with Gasteiger partial charge in [-0.05, 0) is 51.0 Å². The topological polar surface area (TPSA) is 72.6 Å². The minimum atomic E-state index is -3.53. The number of sulfonamides is 1. The van der Waals surface area contributed by atoms with E-state index in [0.29, 0.717) is 23.7 Å². The van der Waals surface area contributed by atoms with Gasteiger partial charge in [-0.2, -0.15) is 4.31 Å². The van der Waals surface area contributed by atoms with Gasteiger partial charge in [0.25, 0.3) is 0 Å². The lowest BCUT2D eigenvalue weighted by Gasteiger charge is -2.34. The lowest BCUT2D eigenvalue weighted by Crippen LogP contribution is -2.48. The number of hydrogen-bond acceptors (Lipinski definition) is 4. The number of nitrogens with two attached hydrogens (primary N) is 1. The second-order valence-electron chi connectivity index (χ2n) is 5.54. The Morgan fingerprint density at radius 1 is 1.20 bits per heavy atom. The monoisotopic (exact) mass is 298 g/mol. The summed E-state index contributed by atoms with van der Waals surface area (Å²) in [5.41, 5.74) is 7.92. The molecule has 0 saturated carbocycles. The van der Waals surface area contributed by atoms with E-state index in [-0.39, 0.29) is 12.2 Å². The van der Waals surface area contributed by atoms with Crippen molar-refractivity contribution < 1.29 is 13.2 Å². The van der Waals surface area contributed by atoms with E-state index in [1.807, 2.05) is 27.7 Å². The van der Waals surface area contributed by atoms with Gasteiger partial charge in [0.2, 0.25) is 10.0 Å². The fourth-order valence-electron chi connectivity index (χ4n) is 2.59. The van der Waals surface area contributed by atoms with E-state index in [1.165, 1.54) is 4.31 Å². The number of benzene rings is 1. The SMILES string of the molecule is Cc1cc(N)cc(S(=O)(=O)N2CC(C)OC(C)C2)c1C. The van der Waals surface area contributed by atoms with Gasteiger partial charge >= 0.3 is 0 Å². The lowest BCUT2D eigenvalue weighted by atomic mass is 10.1. The summed E-state index contributed by atoms with van der Waals surface area (Å²) in [6.45, 7) is 8.20. The maximum Gasteiger partial charge on any atom is 0.243 e. The summed E-state index contributed by atoms with van der Waals surface area (Å²) >= 11 is 0. The first-order valence-corrected chi connectivity index (χ1v) is 8.18. The van der Waals surface area contributed by atoms with Crippen LogP contribution in [0.3, 0.4) is 0 Å². The predicted octanol–water partition coefficient (Wildman–Crippen LogP) is 1.68. The highest BCUT2D eigenvalue weighted by molar-refractivity contribution is 7.89. The van der Waals surface area contributed by atoms with Gasteiger partial charge in [0, 0.05) is 18.8 Å². The number of hydrogen-bond donors (Lipinski definition) is 1. The maximum atomic E-state index is 12.8. The predicted molar refractivity (Wildman–Crippen MR) is 79.1 cm³/mol. The molecule has 0 bridgehead atoms. The summed E-state index contributed by atoms with van der Waals surface area (Å²) < 4.78 is 32.7. The van der Waals surface area contributed by atoms with E-state index in [0.717, 1.165) is 11.1 Å². The summed E-state index contributed by atoms with van der Waals surface area (Å²) in [5.74, 6) is 0. The highest BCUT2D eigenvalue weighted by Crippen LogP contribution is 2.27. The van der Waals surface area contributed by atoms with Crippen LogP contribution >= 0.6 is 0 Å². The van der Waals surface area contributed by atoms with Gasteiger partial charge in [-0.25, -0.2) is 8.42 Å². The van der Waals surface area contributed by atoms with Gasteiger partial charge in [-0.1, -0.05) is 0 Å². The van der Waals surface area contributed by atoms with Crippen LogP contribution in [0.1, 0.15) is 25.0 Å². The van der Waals surface area contributed by atoms with E-state index in [2.05, 4.69) is 0 Å². The van der Waals surface area contributed by atoms with Crippen molar-refractivity contribution in [1.29, 1.82) is 0 Å². The Kier molecular flexibility index (Phi) is 4.09. The Morgan fingerprint density at radius 3 is 2.30 bits per heavy atom. The zero-order valence-corrected chi connectivity index (χ0v) is 13.2. The van der Waals surface area contributed by atoms with Gasteiger partial charge in [0.05, 0.1) is 17.1 Å². The van der Waals surface area contributed by atoms with E-state index in [9.17, 15) is 8.42 Å². The van der Waals surface area contributed by atoms with Crippen LogP contribution in [0.5, 0.6) is 0 Å². The fraction of sp³-hybridized carbons (Fsp3) is 0.571. The molecule has 1 saturated heterocycles. The Labute approximate surface area is 120 Å². The standard InChI is InChI=1S/C14H22N2O3S/c1-9-5-13(15)6-14(12(9)4)20(17,18)16-7-10(2)19-11(3)8-16/h5-6,10-11H,7-8,15H2,1-4H3. The zero-order valence-electron chi connectivity index (χ0n) is 12.4. The first-order valence-electron chi connectivity index (χ1n) is 6.74. The van der Waals surface area contributed by atoms with Crippen molar-refractivity contribution in [2.45, 2.75) is 44.8 Å². The van der Waals surface area contributed by atoms with Gasteiger partial charge < -0.3 is 10.5 Å². The zero-order chi connectivity index (χ0) is 15.1. The maximum absolute atomic E-state index is 12.8. The molecule has 1 aliphatic rings. The molecule has 1 aromatic rings. The third-order valence-electron chi connectivity index (χ3n) is 3.65. The summed E-state index contributed by atoms with van der Waals surface area (Å²) in [6.07, 6.45) is -0.202. The molecule has 1 heterocycles. The normalized spacial score (nSPS) is 24.8. The molecule has 112 valence electrons. The molecule has 0 amide bonds. The molecule has 0 aliphatic carbocycles. The molecule has 1 aliphatic heterocycles. The molecule has 2 atom stereocenters. The van der Waals surface area contributed by atoms with Crippen molar-refractivity contribution in [2.75, 3.05) is 18.8 Å². The van der Waals surface area contributed by atoms with E-state index in [1.54, 1.807) is 12.1 Å². The molecule has 2 rings (SSSR count). The highest BCUT2D eigenvalue weighted by atomic mass is 32.2.